The number of nitrogens with zero attached hydrogens (tertiary/aromatic N) is 2. The van der Waals surface area contributed by atoms with Crippen LogP contribution in [0.1, 0.15) is 31.5 Å². The van der Waals surface area contributed by atoms with Crippen LogP contribution in [0.4, 0.5) is 5.69 Å². The maximum Gasteiger partial charge on any atom is 0.0569 e. The summed E-state index contributed by atoms with van der Waals surface area (Å²) in [6.07, 6.45) is 4.69. The predicted molar refractivity (Wildman–Crippen MR) is 62.8 cm³/mol. The Morgan fingerprint density at radius 2 is 2.27 bits per heavy atom. The Balaban J connectivity index is 2.01. The quantitative estimate of drug-likeness (QED) is 0.817. The molecular weight excluding hydrogens is 186 g/mol. The van der Waals surface area contributed by atoms with Crippen LogP contribution in [-0.4, -0.2) is 18.6 Å². The topological polar surface area (TPSA) is 42.1 Å². The van der Waals surface area contributed by atoms with Gasteiger partial charge < -0.3 is 10.6 Å². The lowest BCUT2D eigenvalue weighted by Crippen LogP contribution is -2.20. The lowest BCUT2D eigenvalue weighted by molar-refractivity contribution is 0.767. The highest BCUT2D eigenvalue weighted by Crippen LogP contribution is 2.30. The van der Waals surface area contributed by atoms with Crippen LogP contribution in [0.3, 0.4) is 0 Å². The van der Waals surface area contributed by atoms with E-state index in [1.54, 1.807) is 0 Å². The minimum absolute atomic E-state index is 0.0211. The fourth-order valence-corrected chi connectivity index (χ4v) is 1.69. The van der Waals surface area contributed by atoms with Crippen LogP contribution in [0.25, 0.3) is 0 Å². The van der Waals surface area contributed by atoms with Crippen molar-refractivity contribution in [3.05, 3.63) is 24.0 Å². The summed E-state index contributed by atoms with van der Waals surface area (Å²) in [5.74, 6) is 0.906. The molecular formula is C12H19N3. The molecule has 1 atom stereocenters. The van der Waals surface area contributed by atoms with Gasteiger partial charge in [-0.1, -0.05) is 0 Å². The van der Waals surface area contributed by atoms with Crippen molar-refractivity contribution in [2.24, 2.45) is 11.7 Å². The van der Waals surface area contributed by atoms with Gasteiger partial charge in [0.25, 0.3) is 0 Å². The van der Waals surface area contributed by atoms with Crippen molar-refractivity contribution in [1.29, 1.82) is 0 Å². The monoisotopic (exact) mass is 205 g/mol. The van der Waals surface area contributed by atoms with Gasteiger partial charge in [0.2, 0.25) is 0 Å². The van der Waals surface area contributed by atoms with Crippen molar-refractivity contribution in [3.8, 4) is 0 Å². The Hall–Kier alpha value is -1.09. The third-order valence-electron chi connectivity index (χ3n) is 2.91. The van der Waals surface area contributed by atoms with Crippen LogP contribution in [0, 0.1) is 5.92 Å². The first-order valence-electron chi connectivity index (χ1n) is 5.59. The Bertz CT molecular complexity index is 314. The average molecular weight is 205 g/mol. The zero-order valence-corrected chi connectivity index (χ0v) is 9.48. The molecule has 1 aromatic rings. The van der Waals surface area contributed by atoms with Gasteiger partial charge in [0.1, 0.15) is 0 Å². The highest BCUT2D eigenvalue weighted by molar-refractivity contribution is 5.44. The number of aromatic nitrogens is 1. The standard InChI is InChI=1S/C12H19N3/c1-9(13)12-6-5-11(7-14-12)15(2)8-10-3-4-10/h5-7,9-10H,3-4,8,13H2,1-2H3. The van der Waals surface area contributed by atoms with Gasteiger partial charge in [-0.05, 0) is 37.8 Å². The van der Waals surface area contributed by atoms with Crippen molar-refractivity contribution in [3.63, 3.8) is 0 Å². The lowest BCUT2D eigenvalue weighted by Gasteiger charge is -2.19. The zero-order chi connectivity index (χ0) is 10.8. The Morgan fingerprint density at radius 3 is 2.73 bits per heavy atom. The molecule has 1 unspecified atom stereocenters. The molecule has 1 heterocycles. The van der Waals surface area contributed by atoms with E-state index in [0.29, 0.717) is 0 Å². The van der Waals surface area contributed by atoms with Gasteiger partial charge in [0.05, 0.1) is 17.6 Å². The zero-order valence-electron chi connectivity index (χ0n) is 9.48. The summed E-state index contributed by atoms with van der Waals surface area (Å²) in [7, 11) is 2.13. The largest absolute Gasteiger partial charge is 0.373 e. The van der Waals surface area contributed by atoms with Crippen molar-refractivity contribution < 1.29 is 0 Å². The van der Waals surface area contributed by atoms with Crippen LogP contribution in [0.5, 0.6) is 0 Å². The second kappa shape index (κ2) is 4.19. The molecule has 0 aliphatic heterocycles. The van der Waals surface area contributed by atoms with E-state index in [4.69, 9.17) is 5.73 Å². The maximum atomic E-state index is 5.75. The van der Waals surface area contributed by atoms with Crippen LogP contribution in [0.15, 0.2) is 18.3 Å². The minimum Gasteiger partial charge on any atom is -0.373 e. The Kier molecular flexibility index (Phi) is 2.91. The summed E-state index contributed by atoms with van der Waals surface area (Å²) in [5.41, 5.74) is 7.90. The maximum absolute atomic E-state index is 5.75. The molecule has 1 aliphatic carbocycles. The molecule has 0 bridgehead atoms. The van der Waals surface area contributed by atoms with Gasteiger partial charge in [0.15, 0.2) is 0 Å². The molecule has 15 heavy (non-hydrogen) atoms. The molecule has 2 N–H and O–H groups in total. The Morgan fingerprint density at radius 1 is 1.53 bits per heavy atom. The van der Waals surface area contributed by atoms with Gasteiger partial charge in [-0.3, -0.25) is 4.98 Å². The summed E-state index contributed by atoms with van der Waals surface area (Å²) >= 11 is 0. The average Bonchev–Trinajstić information content (AvgIpc) is 3.02. The molecule has 1 fully saturated rings. The molecule has 0 amide bonds. The molecule has 2 rings (SSSR count). The molecule has 0 saturated heterocycles. The molecule has 82 valence electrons. The minimum atomic E-state index is 0.0211. The highest BCUT2D eigenvalue weighted by atomic mass is 15.1. The molecule has 1 aromatic heterocycles. The van der Waals surface area contributed by atoms with Crippen molar-refractivity contribution in [2.45, 2.75) is 25.8 Å². The Labute approximate surface area is 91.3 Å². The van der Waals surface area contributed by atoms with Crippen molar-refractivity contribution >= 4 is 5.69 Å². The van der Waals surface area contributed by atoms with E-state index in [0.717, 1.165) is 18.2 Å². The highest BCUT2D eigenvalue weighted by Gasteiger charge is 2.22. The number of anilines is 1. The van der Waals surface area contributed by atoms with E-state index >= 15 is 0 Å². The number of pyridine rings is 1. The first kappa shape index (κ1) is 10.4. The molecule has 0 radical (unpaired) electrons. The van der Waals surface area contributed by atoms with E-state index in [2.05, 4.69) is 23.0 Å². The third kappa shape index (κ3) is 2.69. The molecule has 1 saturated carbocycles. The van der Waals surface area contributed by atoms with Gasteiger partial charge in [-0.15, -0.1) is 0 Å². The molecule has 3 heteroatoms. The predicted octanol–water partition coefficient (Wildman–Crippen LogP) is 1.95. The summed E-state index contributed by atoms with van der Waals surface area (Å²) < 4.78 is 0. The first-order valence-corrected chi connectivity index (χ1v) is 5.59. The third-order valence-corrected chi connectivity index (χ3v) is 2.91. The normalized spacial score (nSPS) is 17.5. The van der Waals surface area contributed by atoms with E-state index in [1.807, 2.05) is 19.2 Å². The lowest BCUT2D eigenvalue weighted by atomic mass is 10.2. The second-order valence-corrected chi connectivity index (χ2v) is 4.55. The fourth-order valence-electron chi connectivity index (χ4n) is 1.69. The van der Waals surface area contributed by atoms with Crippen LogP contribution < -0.4 is 10.6 Å². The van der Waals surface area contributed by atoms with Crippen LogP contribution in [-0.2, 0) is 0 Å². The van der Waals surface area contributed by atoms with Gasteiger partial charge in [-0.25, -0.2) is 0 Å². The van der Waals surface area contributed by atoms with Gasteiger partial charge >= 0.3 is 0 Å². The first-order chi connectivity index (χ1) is 7.16. The summed E-state index contributed by atoms with van der Waals surface area (Å²) in [6.45, 7) is 3.11. The summed E-state index contributed by atoms with van der Waals surface area (Å²) in [5, 5.41) is 0. The van der Waals surface area contributed by atoms with E-state index in [1.165, 1.54) is 18.5 Å². The summed E-state index contributed by atoms with van der Waals surface area (Å²) in [4.78, 5) is 6.63. The van der Waals surface area contributed by atoms with Crippen LogP contribution in [0.2, 0.25) is 0 Å². The van der Waals surface area contributed by atoms with Crippen molar-refractivity contribution in [2.75, 3.05) is 18.5 Å². The van der Waals surface area contributed by atoms with E-state index < -0.39 is 0 Å². The second-order valence-electron chi connectivity index (χ2n) is 4.55. The SMILES string of the molecule is CC(N)c1ccc(N(C)CC2CC2)cn1. The number of rotatable bonds is 4. The smallest absolute Gasteiger partial charge is 0.0569 e. The summed E-state index contributed by atoms with van der Waals surface area (Å²) in [6, 6.07) is 4.14. The van der Waals surface area contributed by atoms with Crippen LogP contribution >= 0.6 is 0 Å². The van der Waals surface area contributed by atoms with E-state index in [-0.39, 0.29) is 6.04 Å². The molecule has 1 aliphatic rings. The van der Waals surface area contributed by atoms with Gasteiger partial charge in [-0.2, -0.15) is 0 Å². The van der Waals surface area contributed by atoms with Crippen molar-refractivity contribution in [1.82, 2.24) is 4.98 Å². The van der Waals surface area contributed by atoms with Gasteiger partial charge in [0, 0.05) is 19.6 Å². The molecule has 0 aromatic carbocycles. The molecule has 3 nitrogen and oxygen atoms in total. The fraction of sp³-hybridized carbons (Fsp3) is 0.583. The number of hydrogen-bond acceptors (Lipinski definition) is 3. The van der Waals surface area contributed by atoms with E-state index in [9.17, 15) is 0 Å². The number of hydrogen-bond donors (Lipinski definition) is 1. The molecule has 0 spiro atoms. The number of nitrogens with two attached hydrogens (primary N) is 1.